The number of ether oxygens (including phenoxy) is 1. The number of rotatable bonds is 7. The number of urea groups is 1. The van der Waals surface area contributed by atoms with Crippen LogP contribution in [0.4, 0.5) is 9.18 Å². The Morgan fingerprint density at radius 2 is 2.10 bits per heavy atom. The molecule has 2 amide bonds. The van der Waals surface area contributed by atoms with Gasteiger partial charge in [-0.3, -0.25) is 14.7 Å². The molecule has 0 aliphatic carbocycles. The van der Waals surface area contributed by atoms with E-state index < -0.39 is 29.8 Å². The van der Waals surface area contributed by atoms with Crippen LogP contribution in [0.1, 0.15) is 23.5 Å². The van der Waals surface area contributed by atoms with Crippen molar-refractivity contribution < 1.29 is 28.6 Å². The maximum Gasteiger partial charge on any atom is 0.338 e. The highest BCUT2D eigenvalue weighted by molar-refractivity contribution is 7.11. The summed E-state index contributed by atoms with van der Waals surface area (Å²) in [4.78, 5) is 52.1. The second-order valence-electron chi connectivity index (χ2n) is 9.35. The van der Waals surface area contributed by atoms with Gasteiger partial charge in [0.15, 0.2) is 10.8 Å². The summed E-state index contributed by atoms with van der Waals surface area (Å²) in [5, 5.41) is 15.3. The molecule has 2 N–H and O–H groups in total. The lowest BCUT2D eigenvalue weighted by Crippen LogP contribution is -2.61. The van der Waals surface area contributed by atoms with Crippen LogP contribution in [0.15, 0.2) is 46.0 Å². The molecule has 0 spiro atoms. The van der Waals surface area contributed by atoms with Gasteiger partial charge in [-0.1, -0.05) is 23.7 Å². The van der Waals surface area contributed by atoms with Gasteiger partial charge >= 0.3 is 18.0 Å². The molecule has 2 fully saturated rings. The van der Waals surface area contributed by atoms with E-state index in [9.17, 15) is 23.9 Å². The fourth-order valence-electron chi connectivity index (χ4n) is 5.14. The summed E-state index contributed by atoms with van der Waals surface area (Å²) in [6.45, 7) is 2.46. The van der Waals surface area contributed by atoms with Gasteiger partial charge in [-0.05, 0) is 13.0 Å². The van der Waals surface area contributed by atoms with Crippen molar-refractivity contribution in [3.05, 3.63) is 62.5 Å². The van der Waals surface area contributed by atoms with Crippen molar-refractivity contribution in [2.75, 3.05) is 39.8 Å². The molecular formula is C25H26ClFN6O5S. The van der Waals surface area contributed by atoms with E-state index in [1.165, 1.54) is 23.5 Å². The van der Waals surface area contributed by atoms with E-state index in [1.807, 2.05) is 0 Å². The zero-order valence-corrected chi connectivity index (χ0v) is 22.7. The summed E-state index contributed by atoms with van der Waals surface area (Å²) >= 11 is 7.67. The van der Waals surface area contributed by atoms with Crippen LogP contribution in [0.3, 0.4) is 0 Å². The van der Waals surface area contributed by atoms with Crippen LogP contribution in [-0.4, -0.2) is 101 Å². The average Bonchev–Trinajstić information content (AvgIpc) is 3.53. The Balaban J connectivity index is 1.60. The number of likely N-dealkylation sites (N-methyl/N-ethyl adjacent to an activating group) is 1. The number of benzene rings is 1. The number of carboxylic acid groups (broad SMARTS) is 1. The Bertz CT molecular complexity index is 1370. The predicted molar refractivity (Wildman–Crippen MR) is 141 cm³/mol. The van der Waals surface area contributed by atoms with Gasteiger partial charge in [-0.15, -0.1) is 11.3 Å². The fourth-order valence-corrected chi connectivity index (χ4v) is 5.96. The number of aromatic nitrogens is 1. The molecule has 3 aliphatic rings. The quantitative estimate of drug-likeness (QED) is 0.481. The number of nitrogens with zero attached hydrogens (tertiary/aromatic N) is 5. The highest BCUT2D eigenvalue weighted by Crippen LogP contribution is 2.38. The van der Waals surface area contributed by atoms with Crippen LogP contribution in [-0.2, 0) is 14.3 Å². The minimum Gasteiger partial charge on any atom is -0.480 e. The van der Waals surface area contributed by atoms with Crippen LogP contribution in [0, 0.1) is 5.82 Å². The van der Waals surface area contributed by atoms with Crippen molar-refractivity contribution in [3.8, 4) is 0 Å². The number of nitrogens with one attached hydrogen (secondary N) is 1. The summed E-state index contributed by atoms with van der Waals surface area (Å²) in [6.07, 6.45) is 1.60. The standard InChI is InChI=1S/C25H26ClFN6O5S/c1-3-38-24(36)18-16(11-32-10-13-9-31(2)25(37)33(13)12-17(32)23(34)35)29-21(22-28-7-8-39-22)30-20(18)14-5-4-6-15(27)19(14)26/h4-8,13,17,20H,3,9-12H2,1-2H3,(H,29,30)(H,34,35)/t13-,17+,20+/m1/s1. The molecule has 0 unspecified atom stereocenters. The van der Waals surface area contributed by atoms with Gasteiger partial charge < -0.3 is 25.0 Å². The van der Waals surface area contributed by atoms with Crippen molar-refractivity contribution >= 4 is 46.7 Å². The molecule has 11 nitrogen and oxygen atoms in total. The first-order chi connectivity index (χ1) is 18.7. The summed E-state index contributed by atoms with van der Waals surface area (Å²) < 4.78 is 19.9. The van der Waals surface area contributed by atoms with E-state index >= 15 is 0 Å². The first kappa shape index (κ1) is 27.0. The third kappa shape index (κ3) is 5.09. The lowest BCUT2D eigenvalue weighted by Gasteiger charge is -2.41. The normalized spacial score (nSPS) is 23.4. The molecular weight excluding hydrogens is 551 g/mol. The Kier molecular flexibility index (Phi) is 7.56. The highest BCUT2D eigenvalue weighted by Gasteiger charge is 2.46. The number of carbonyl (C=O) groups excluding carboxylic acids is 2. The van der Waals surface area contributed by atoms with Crippen LogP contribution in [0.5, 0.6) is 0 Å². The number of piperazine rings is 1. The number of aliphatic carboxylic acids is 1. The molecule has 2 aromatic rings. The Hall–Kier alpha value is -3.55. The Morgan fingerprint density at radius 3 is 2.79 bits per heavy atom. The van der Waals surface area contributed by atoms with E-state index in [0.29, 0.717) is 23.1 Å². The van der Waals surface area contributed by atoms with Gasteiger partial charge in [-0.25, -0.2) is 19.0 Å². The molecule has 1 aromatic heterocycles. The topological polar surface area (TPSA) is 128 Å². The Labute approximate surface area is 232 Å². The number of hydrogen-bond donors (Lipinski definition) is 2. The van der Waals surface area contributed by atoms with Crippen molar-refractivity contribution in [3.63, 3.8) is 0 Å². The molecule has 0 radical (unpaired) electrons. The smallest absolute Gasteiger partial charge is 0.338 e. The van der Waals surface area contributed by atoms with Gasteiger partial charge in [0, 0.05) is 56.1 Å². The van der Waals surface area contributed by atoms with Crippen LogP contribution in [0.2, 0.25) is 5.02 Å². The van der Waals surface area contributed by atoms with Gasteiger partial charge in [0.05, 0.1) is 23.2 Å². The molecule has 4 heterocycles. The molecule has 3 aliphatic heterocycles. The first-order valence-electron chi connectivity index (χ1n) is 12.3. The SMILES string of the molecule is CCOC(=O)C1=C(CN2C[C@H]3CN(C)C(=O)N3C[C@H]2C(=O)O)NC(c2nccs2)=N[C@H]1c1cccc(F)c1Cl. The zero-order valence-electron chi connectivity index (χ0n) is 21.1. The second kappa shape index (κ2) is 10.9. The van der Waals surface area contributed by atoms with Gasteiger partial charge in [0.25, 0.3) is 0 Å². The maximum absolute atomic E-state index is 14.5. The average molecular weight is 577 g/mol. The summed E-state index contributed by atoms with van der Waals surface area (Å²) in [5.41, 5.74) is 0.697. The summed E-state index contributed by atoms with van der Waals surface area (Å²) in [6, 6.07) is 1.79. The number of carbonyl (C=O) groups is 3. The molecule has 3 atom stereocenters. The molecule has 0 bridgehead atoms. The highest BCUT2D eigenvalue weighted by atomic mass is 35.5. The number of halogens is 2. The summed E-state index contributed by atoms with van der Waals surface area (Å²) in [7, 11) is 1.68. The first-order valence-corrected chi connectivity index (χ1v) is 13.5. The van der Waals surface area contributed by atoms with Crippen LogP contribution in [0.25, 0.3) is 0 Å². The lowest BCUT2D eigenvalue weighted by molar-refractivity contribution is -0.145. The molecule has 14 heteroatoms. The predicted octanol–water partition coefficient (Wildman–Crippen LogP) is 2.35. The van der Waals surface area contributed by atoms with Gasteiger partial charge in [-0.2, -0.15) is 0 Å². The number of esters is 1. The number of aliphatic imine (C=N–C) groups is 1. The monoisotopic (exact) mass is 576 g/mol. The third-order valence-corrected chi connectivity index (χ3v) is 8.11. The van der Waals surface area contributed by atoms with Gasteiger partial charge in [0.2, 0.25) is 0 Å². The minimum absolute atomic E-state index is 0.00118. The molecule has 2 saturated heterocycles. The number of amidine groups is 1. The molecule has 0 saturated carbocycles. The molecule has 1 aromatic carbocycles. The molecule has 5 rings (SSSR count). The fraction of sp³-hybridized carbons (Fsp3) is 0.400. The summed E-state index contributed by atoms with van der Waals surface area (Å²) in [5.74, 6) is -2.11. The number of thiazole rings is 1. The van der Waals surface area contributed by atoms with Crippen molar-refractivity contribution in [2.24, 2.45) is 4.99 Å². The minimum atomic E-state index is -1.09. The van der Waals surface area contributed by atoms with Crippen molar-refractivity contribution in [2.45, 2.75) is 25.0 Å². The third-order valence-electron chi connectivity index (χ3n) is 6.93. The van der Waals surface area contributed by atoms with E-state index in [4.69, 9.17) is 21.3 Å². The van der Waals surface area contributed by atoms with E-state index in [1.54, 1.807) is 46.3 Å². The van der Waals surface area contributed by atoms with Crippen molar-refractivity contribution in [1.29, 1.82) is 0 Å². The van der Waals surface area contributed by atoms with Crippen LogP contribution >= 0.6 is 22.9 Å². The van der Waals surface area contributed by atoms with E-state index in [0.717, 1.165) is 0 Å². The number of amides is 2. The van der Waals surface area contributed by atoms with Gasteiger partial charge in [0.1, 0.15) is 17.9 Å². The Morgan fingerprint density at radius 1 is 1.31 bits per heavy atom. The number of carboxylic acids is 1. The number of fused-ring (bicyclic) bond motifs is 1. The zero-order chi connectivity index (χ0) is 27.8. The largest absolute Gasteiger partial charge is 0.480 e. The van der Waals surface area contributed by atoms with E-state index in [-0.39, 0.29) is 54.5 Å². The van der Waals surface area contributed by atoms with Crippen LogP contribution < -0.4 is 5.32 Å². The van der Waals surface area contributed by atoms with E-state index in [2.05, 4.69) is 10.3 Å². The molecule has 39 heavy (non-hydrogen) atoms. The van der Waals surface area contributed by atoms with Crippen molar-refractivity contribution in [1.82, 2.24) is 25.0 Å². The molecule has 206 valence electrons. The lowest BCUT2D eigenvalue weighted by atomic mass is 9.94. The maximum atomic E-state index is 14.5. The second-order valence-corrected chi connectivity index (χ2v) is 10.6. The number of hydrogen-bond acceptors (Lipinski definition) is 9.